The topological polar surface area (TPSA) is 103 Å². The SMILES string of the molecule is Cc1cccc(Oc2nc(C(=O)O)ccc2[N+](=O)[O-])c1. The average molecular weight is 274 g/mol. The first-order chi connectivity index (χ1) is 9.47. The minimum Gasteiger partial charge on any atom is -0.477 e. The van der Waals surface area contributed by atoms with Gasteiger partial charge < -0.3 is 9.84 Å². The number of aryl methyl sites for hydroxylation is 1. The number of benzene rings is 1. The molecule has 0 amide bonds. The van der Waals surface area contributed by atoms with Gasteiger partial charge in [-0.2, -0.15) is 4.98 Å². The summed E-state index contributed by atoms with van der Waals surface area (Å²) in [6.45, 7) is 1.84. The molecule has 1 aromatic heterocycles. The van der Waals surface area contributed by atoms with E-state index in [1.165, 1.54) is 0 Å². The van der Waals surface area contributed by atoms with Crippen molar-refractivity contribution in [3.63, 3.8) is 0 Å². The van der Waals surface area contributed by atoms with Gasteiger partial charge in [0.15, 0.2) is 5.69 Å². The molecule has 0 aliphatic carbocycles. The molecule has 0 radical (unpaired) electrons. The van der Waals surface area contributed by atoms with Crippen molar-refractivity contribution < 1.29 is 19.6 Å². The van der Waals surface area contributed by atoms with Gasteiger partial charge in [-0.3, -0.25) is 10.1 Å². The van der Waals surface area contributed by atoms with Gasteiger partial charge in [-0.25, -0.2) is 4.79 Å². The van der Waals surface area contributed by atoms with Crippen LogP contribution < -0.4 is 4.74 Å². The molecule has 2 aromatic rings. The number of hydrogen-bond acceptors (Lipinski definition) is 5. The number of carbonyl (C=O) groups is 1. The van der Waals surface area contributed by atoms with Crippen LogP contribution in [0.1, 0.15) is 16.1 Å². The van der Waals surface area contributed by atoms with Crippen molar-refractivity contribution in [1.29, 1.82) is 0 Å². The predicted molar refractivity (Wildman–Crippen MR) is 69.1 cm³/mol. The van der Waals surface area contributed by atoms with Gasteiger partial charge in [0.05, 0.1) is 4.92 Å². The van der Waals surface area contributed by atoms with Crippen molar-refractivity contribution in [2.75, 3.05) is 0 Å². The zero-order valence-electron chi connectivity index (χ0n) is 10.4. The molecule has 1 heterocycles. The molecule has 1 aromatic carbocycles. The normalized spacial score (nSPS) is 10.1. The lowest BCUT2D eigenvalue weighted by atomic mass is 10.2. The van der Waals surface area contributed by atoms with E-state index < -0.39 is 16.6 Å². The zero-order valence-corrected chi connectivity index (χ0v) is 10.4. The summed E-state index contributed by atoms with van der Waals surface area (Å²) in [6.07, 6.45) is 0. The van der Waals surface area contributed by atoms with Gasteiger partial charge in [0, 0.05) is 6.07 Å². The van der Waals surface area contributed by atoms with Gasteiger partial charge >= 0.3 is 11.7 Å². The first-order valence-corrected chi connectivity index (χ1v) is 5.60. The van der Waals surface area contributed by atoms with Crippen LogP contribution in [-0.4, -0.2) is 21.0 Å². The van der Waals surface area contributed by atoms with Crippen molar-refractivity contribution in [3.05, 3.63) is 57.8 Å². The van der Waals surface area contributed by atoms with Gasteiger partial charge in [0.2, 0.25) is 0 Å². The molecule has 0 fully saturated rings. The molecular formula is C13H10N2O5. The number of aromatic carboxylic acids is 1. The number of rotatable bonds is 4. The maximum Gasteiger partial charge on any atom is 0.354 e. The number of ether oxygens (including phenoxy) is 1. The van der Waals surface area contributed by atoms with Crippen LogP contribution >= 0.6 is 0 Å². The largest absolute Gasteiger partial charge is 0.477 e. The van der Waals surface area contributed by atoms with Crippen LogP contribution in [0.15, 0.2) is 36.4 Å². The van der Waals surface area contributed by atoms with Gasteiger partial charge in [-0.05, 0) is 30.7 Å². The minimum absolute atomic E-state index is 0.321. The molecule has 7 nitrogen and oxygen atoms in total. The Kier molecular flexibility index (Phi) is 3.60. The van der Waals surface area contributed by atoms with Crippen molar-refractivity contribution in [2.45, 2.75) is 6.92 Å². The van der Waals surface area contributed by atoms with E-state index >= 15 is 0 Å². The Morgan fingerprint density at radius 2 is 2.10 bits per heavy atom. The third kappa shape index (κ3) is 2.89. The smallest absolute Gasteiger partial charge is 0.354 e. The van der Waals surface area contributed by atoms with E-state index in [1.54, 1.807) is 18.2 Å². The van der Waals surface area contributed by atoms with E-state index in [1.807, 2.05) is 13.0 Å². The van der Waals surface area contributed by atoms with E-state index in [9.17, 15) is 14.9 Å². The standard InChI is InChI=1S/C13H10N2O5/c1-8-3-2-4-9(7-8)20-12-11(15(18)19)6-5-10(14-12)13(16)17/h2-7H,1H3,(H,16,17). The maximum absolute atomic E-state index is 10.9. The molecular weight excluding hydrogens is 264 g/mol. The molecule has 0 spiro atoms. The lowest BCUT2D eigenvalue weighted by Crippen LogP contribution is -2.03. The Labute approximate surface area is 113 Å². The van der Waals surface area contributed by atoms with Gasteiger partial charge in [0.25, 0.3) is 5.88 Å². The summed E-state index contributed by atoms with van der Waals surface area (Å²) < 4.78 is 5.33. The van der Waals surface area contributed by atoms with Crippen LogP contribution in [0.25, 0.3) is 0 Å². The highest BCUT2D eigenvalue weighted by Crippen LogP contribution is 2.29. The highest BCUT2D eigenvalue weighted by Gasteiger charge is 2.20. The van der Waals surface area contributed by atoms with Crippen LogP contribution in [0, 0.1) is 17.0 Å². The molecule has 0 aliphatic heterocycles. The quantitative estimate of drug-likeness (QED) is 0.679. The highest BCUT2D eigenvalue weighted by atomic mass is 16.6. The third-order valence-corrected chi connectivity index (χ3v) is 2.46. The molecule has 2 rings (SSSR count). The minimum atomic E-state index is -1.28. The fourth-order valence-corrected chi connectivity index (χ4v) is 1.56. The van der Waals surface area contributed by atoms with Crippen molar-refractivity contribution in [3.8, 4) is 11.6 Å². The molecule has 0 saturated heterocycles. The lowest BCUT2D eigenvalue weighted by Gasteiger charge is -2.06. The van der Waals surface area contributed by atoms with Crippen LogP contribution in [0.3, 0.4) is 0 Å². The Balaban J connectivity index is 2.44. The first kappa shape index (κ1) is 13.5. The summed E-state index contributed by atoms with van der Waals surface area (Å²) in [7, 11) is 0. The van der Waals surface area contributed by atoms with E-state index in [0.29, 0.717) is 5.75 Å². The zero-order chi connectivity index (χ0) is 14.7. The Hall–Kier alpha value is -2.96. The molecule has 0 unspecified atom stereocenters. The van der Waals surface area contributed by atoms with Crippen molar-refractivity contribution in [1.82, 2.24) is 4.98 Å². The number of carboxylic acid groups (broad SMARTS) is 1. The monoisotopic (exact) mass is 274 g/mol. The van der Waals surface area contributed by atoms with E-state index in [0.717, 1.165) is 17.7 Å². The molecule has 0 aliphatic rings. The number of nitrogens with zero attached hydrogens (tertiary/aromatic N) is 2. The fraction of sp³-hybridized carbons (Fsp3) is 0.0769. The number of pyridine rings is 1. The summed E-state index contributed by atoms with van der Waals surface area (Å²) in [4.78, 5) is 24.7. The molecule has 20 heavy (non-hydrogen) atoms. The number of aromatic nitrogens is 1. The first-order valence-electron chi connectivity index (χ1n) is 5.60. The van der Waals surface area contributed by atoms with Crippen LogP contribution in [0.2, 0.25) is 0 Å². The van der Waals surface area contributed by atoms with Crippen molar-refractivity contribution in [2.24, 2.45) is 0 Å². The van der Waals surface area contributed by atoms with Gasteiger partial charge in [-0.15, -0.1) is 0 Å². The molecule has 7 heteroatoms. The predicted octanol–water partition coefficient (Wildman–Crippen LogP) is 2.79. The molecule has 1 N–H and O–H groups in total. The number of carboxylic acids is 1. The summed E-state index contributed by atoms with van der Waals surface area (Å²) >= 11 is 0. The van der Waals surface area contributed by atoms with Crippen molar-refractivity contribution >= 4 is 11.7 Å². The summed E-state index contributed by atoms with van der Waals surface area (Å²) in [5.41, 5.74) is 0.189. The molecule has 102 valence electrons. The summed E-state index contributed by atoms with van der Waals surface area (Å²) in [5, 5.41) is 19.8. The Morgan fingerprint density at radius 1 is 1.35 bits per heavy atom. The second-order valence-electron chi connectivity index (χ2n) is 4.00. The Bertz CT molecular complexity index is 684. The summed E-state index contributed by atoms with van der Waals surface area (Å²) in [6, 6.07) is 8.94. The molecule has 0 atom stereocenters. The third-order valence-electron chi connectivity index (χ3n) is 2.46. The Morgan fingerprint density at radius 3 is 2.70 bits per heavy atom. The van der Waals surface area contributed by atoms with Gasteiger partial charge in [0.1, 0.15) is 5.75 Å². The number of hydrogen-bond donors (Lipinski definition) is 1. The molecule has 0 saturated carbocycles. The van der Waals surface area contributed by atoms with E-state index in [4.69, 9.17) is 9.84 Å². The second kappa shape index (κ2) is 5.35. The fourth-order valence-electron chi connectivity index (χ4n) is 1.56. The highest BCUT2D eigenvalue weighted by molar-refractivity contribution is 5.85. The van der Waals surface area contributed by atoms with Crippen LogP contribution in [0.5, 0.6) is 11.6 Å². The second-order valence-corrected chi connectivity index (χ2v) is 4.00. The van der Waals surface area contributed by atoms with E-state index in [2.05, 4.69) is 4.98 Å². The average Bonchev–Trinajstić information content (AvgIpc) is 2.38. The van der Waals surface area contributed by atoms with E-state index in [-0.39, 0.29) is 11.6 Å². The maximum atomic E-state index is 10.9. The van der Waals surface area contributed by atoms with Gasteiger partial charge in [-0.1, -0.05) is 12.1 Å². The van der Waals surface area contributed by atoms with Crippen LogP contribution in [-0.2, 0) is 0 Å². The molecule has 0 bridgehead atoms. The van der Waals surface area contributed by atoms with Crippen LogP contribution in [0.4, 0.5) is 5.69 Å². The summed E-state index contributed by atoms with van der Waals surface area (Å²) in [5.74, 6) is -1.28. The number of nitro groups is 1. The lowest BCUT2D eigenvalue weighted by molar-refractivity contribution is -0.386.